The average molecular weight is 583 g/mol. The van der Waals surface area contributed by atoms with E-state index in [1.54, 1.807) is 0 Å². The summed E-state index contributed by atoms with van der Waals surface area (Å²) in [5.41, 5.74) is -4.13. The van der Waals surface area contributed by atoms with Crippen molar-refractivity contribution in [3.63, 3.8) is 0 Å². The number of likely N-dealkylation sites (tertiary alicyclic amines) is 1. The molecular formula is C24H18F4N4O5S2. The normalized spacial score (nSPS) is 14.3. The molecule has 3 aromatic heterocycles. The number of pyridine rings is 1. The summed E-state index contributed by atoms with van der Waals surface area (Å²) in [6.45, 7) is 4.08. The van der Waals surface area contributed by atoms with E-state index in [9.17, 15) is 30.8 Å². The number of nitrogens with one attached hydrogen (secondary N) is 1. The molecule has 1 aliphatic heterocycles. The van der Waals surface area contributed by atoms with Crippen LogP contribution in [0.4, 0.5) is 17.6 Å². The molecule has 0 spiro atoms. The molecule has 0 saturated carbocycles. The summed E-state index contributed by atoms with van der Waals surface area (Å²) in [4.78, 5) is 17.7. The molecule has 1 N–H and O–H groups in total. The van der Waals surface area contributed by atoms with E-state index in [-0.39, 0.29) is 28.7 Å². The number of alkyl halides is 3. The van der Waals surface area contributed by atoms with Gasteiger partial charge in [-0.2, -0.15) is 26.7 Å². The third kappa shape index (κ3) is 4.61. The fourth-order valence-electron chi connectivity index (χ4n) is 4.29. The number of fused-ring (bicyclic) bond motifs is 1. The minimum atomic E-state index is -6.05. The molecule has 0 aliphatic carbocycles. The van der Waals surface area contributed by atoms with Crippen molar-refractivity contribution in [1.82, 2.24) is 20.1 Å². The van der Waals surface area contributed by atoms with Gasteiger partial charge in [-0.15, -0.1) is 11.3 Å². The first kappa shape index (κ1) is 26.6. The molecule has 1 saturated heterocycles. The highest BCUT2D eigenvalue weighted by molar-refractivity contribution is 7.88. The highest BCUT2D eigenvalue weighted by Crippen LogP contribution is 2.47. The molecule has 204 valence electrons. The molecule has 39 heavy (non-hydrogen) atoms. The van der Waals surface area contributed by atoms with Gasteiger partial charge in [0.2, 0.25) is 11.8 Å². The van der Waals surface area contributed by atoms with Gasteiger partial charge < -0.3 is 13.8 Å². The number of thiophene rings is 1. The summed E-state index contributed by atoms with van der Waals surface area (Å²) in [5, 5.41) is 8.46. The van der Waals surface area contributed by atoms with Crippen molar-refractivity contribution < 1.29 is 39.7 Å². The van der Waals surface area contributed by atoms with Gasteiger partial charge in [-0.1, -0.05) is 6.58 Å². The van der Waals surface area contributed by atoms with E-state index in [0.29, 0.717) is 40.2 Å². The molecule has 15 heteroatoms. The molecule has 0 radical (unpaired) electrons. The molecule has 1 amide bonds. The number of halogens is 4. The first-order chi connectivity index (χ1) is 18.4. The number of methoxy groups -OCH3 is 1. The van der Waals surface area contributed by atoms with Crippen molar-refractivity contribution >= 4 is 37.4 Å². The number of carbonyl (C=O) groups is 1. The van der Waals surface area contributed by atoms with Crippen LogP contribution in [0.1, 0.15) is 11.6 Å². The molecule has 9 nitrogen and oxygen atoms in total. The van der Waals surface area contributed by atoms with Gasteiger partial charge in [0.05, 0.1) is 30.1 Å². The number of hydrogen-bond acceptors (Lipinski definition) is 8. The van der Waals surface area contributed by atoms with Crippen LogP contribution in [0.15, 0.2) is 48.5 Å². The van der Waals surface area contributed by atoms with Crippen LogP contribution < -0.4 is 8.92 Å². The minimum Gasteiger partial charge on any atom is -0.496 e. The van der Waals surface area contributed by atoms with Crippen molar-refractivity contribution in [3.8, 4) is 34.0 Å². The molecular weight excluding hydrogens is 564 g/mol. The van der Waals surface area contributed by atoms with E-state index in [0.717, 1.165) is 17.4 Å². The summed E-state index contributed by atoms with van der Waals surface area (Å²) in [7, 11) is -4.72. The largest absolute Gasteiger partial charge is 0.534 e. The quantitative estimate of drug-likeness (QED) is 0.144. The van der Waals surface area contributed by atoms with Gasteiger partial charge in [-0.25, -0.2) is 9.37 Å². The van der Waals surface area contributed by atoms with Crippen LogP contribution >= 0.6 is 11.3 Å². The van der Waals surface area contributed by atoms with Gasteiger partial charge >= 0.3 is 15.6 Å². The number of aromatic amines is 1. The van der Waals surface area contributed by atoms with Crippen LogP contribution in [0.5, 0.6) is 11.6 Å². The summed E-state index contributed by atoms with van der Waals surface area (Å²) in [6.07, 6.45) is 2.57. The lowest BCUT2D eigenvalue weighted by Gasteiger charge is -2.38. The Hall–Kier alpha value is -3.98. The zero-order valence-electron chi connectivity index (χ0n) is 20.0. The lowest BCUT2D eigenvalue weighted by atomic mass is 9.90. The Morgan fingerprint density at radius 3 is 2.67 bits per heavy atom. The summed E-state index contributed by atoms with van der Waals surface area (Å²) in [5.74, 6) is -1.77. The molecule has 0 unspecified atom stereocenters. The van der Waals surface area contributed by atoms with Gasteiger partial charge in [0.25, 0.3) is 0 Å². The second-order valence-electron chi connectivity index (χ2n) is 8.47. The van der Waals surface area contributed by atoms with Crippen LogP contribution in [-0.2, 0) is 14.9 Å². The van der Waals surface area contributed by atoms with Crippen LogP contribution in [0.2, 0.25) is 0 Å². The number of nitrogens with zero attached hydrogens (tertiary/aromatic N) is 3. The van der Waals surface area contributed by atoms with Gasteiger partial charge in [0, 0.05) is 46.5 Å². The number of carbonyl (C=O) groups excluding carboxylic acids is 1. The highest BCUT2D eigenvalue weighted by atomic mass is 32.2. The third-order valence-electron chi connectivity index (χ3n) is 6.18. The maximum absolute atomic E-state index is 14.1. The van der Waals surface area contributed by atoms with E-state index in [2.05, 4.69) is 25.9 Å². The molecule has 0 atom stereocenters. The number of H-pyrrole nitrogens is 1. The number of benzene rings is 1. The number of aromatic nitrogens is 3. The minimum absolute atomic E-state index is 0.00519. The van der Waals surface area contributed by atoms with E-state index in [4.69, 9.17) is 4.74 Å². The highest BCUT2D eigenvalue weighted by Gasteiger charge is 2.49. The topological polar surface area (TPSA) is 114 Å². The fourth-order valence-corrected chi connectivity index (χ4v) is 5.67. The molecule has 0 bridgehead atoms. The molecule has 1 aromatic carbocycles. The Bertz CT molecular complexity index is 1710. The van der Waals surface area contributed by atoms with Crippen LogP contribution in [-0.4, -0.2) is 60.1 Å². The maximum atomic E-state index is 14.1. The van der Waals surface area contributed by atoms with Gasteiger partial charge in [-0.05, 0) is 29.7 Å². The number of ether oxygens (including phenoxy) is 1. The Balaban J connectivity index is 1.75. The van der Waals surface area contributed by atoms with Gasteiger partial charge in [0.15, 0.2) is 0 Å². The summed E-state index contributed by atoms with van der Waals surface area (Å²) >= 11 is 1.09. The van der Waals surface area contributed by atoms with Gasteiger partial charge in [-0.3, -0.25) is 9.89 Å². The predicted octanol–water partition coefficient (Wildman–Crippen LogP) is 4.84. The van der Waals surface area contributed by atoms with Crippen molar-refractivity contribution in [2.75, 3.05) is 20.2 Å². The van der Waals surface area contributed by atoms with Crippen molar-refractivity contribution in [2.45, 2.75) is 11.4 Å². The Kier molecular flexibility index (Phi) is 6.58. The van der Waals surface area contributed by atoms with Crippen LogP contribution in [0, 0.1) is 5.82 Å². The average Bonchev–Trinajstić information content (AvgIpc) is 3.52. The molecule has 4 heterocycles. The van der Waals surface area contributed by atoms with Crippen molar-refractivity contribution in [2.24, 2.45) is 0 Å². The summed E-state index contributed by atoms with van der Waals surface area (Å²) < 4.78 is 87.7. The Morgan fingerprint density at radius 1 is 1.26 bits per heavy atom. The van der Waals surface area contributed by atoms with Crippen LogP contribution in [0.3, 0.4) is 0 Å². The molecule has 4 aromatic rings. The summed E-state index contributed by atoms with van der Waals surface area (Å²) in [6, 6.07) is 5.12. The maximum Gasteiger partial charge on any atom is 0.534 e. The van der Waals surface area contributed by atoms with Crippen molar-refractivity contribution in [1.29, 1.82) is 0 Å². The third-order valence-corrected chi connectivity index (χ3v) is 8.05. The fraction of sp³-hybridized carbons (Fsp3) is 0.208. The zero-order chi connectivity index (χ0) is 28.1. The standard InChI is InChI=1S/C24H18F4N4O5S2/c1-3-18(33)32-10-12(11-32)20-16(9-29-31-20)21-19(14-5-4-13(25)8-17(14)36-2)22-15(6-7-38-22)23(30-21)37-39(34,35)24(26,27)28/h3-9,12H,1,10-11H2,2H3,(H,29,31). The molecule has 1 aliphatic rings. The second kappa shape index (κ2) is 9.64. The van der Waals surface area contributed by atoms with Gasteiger partial charge in [0.1, 0.15) is 11.6 Å². The SMILES string of the molecule is C=CC(=O)N1CC(c2[nH]ncc2-c2nc(OS(=O)(=O)C(F)(F)F)c3ccsc3c2-c2ccc(F)cc2OC)C1. The van der Waals surface area contributed by atoms with E-state index in [1.807, 2.05) is 0 Å². The predicted molar refractivity (Wildman–Crippen MR) is 134 cm³/mol. The lowest BCUT2D eigenvalue weighted by Crippen LogP contribution is -2.48. The number of rotatable bonds is 7. The zero-order valence-corrected chi connectivity index (χ0v) is 21.6. The number of hydrogen-bond donors (Lipinski definition) is 1. The monoisotopic (exact) mass is 582 g/mol. The lowest BCUT2D eigenvalue weighted by molar-refractivity contribution is -0.130. The van der Waals surface area contributed by atoms with E-state index < -0.39 is 27.3 Å². The second-order valence-corrected chi connectivity index (χ2v) is 10.9. The van der Waals surface area contributed by atoms with Crippen LogP contribution in [0.25, 0.3) is 32.5 Å². The molecule has 5 rings (SSSR count). The first-order valence-corrected chi connectivity index (χ1v) is 13.4. The van der Waals surface area contributed by atoms with E-state index in [1.165, 1.54) is 47.9 Å². The van der Waals surface area contributed by atoms with Crippen molar-refractivity contribution in [3.05, 3.63) is 60.0 Å². The molecule has 1 fully saturated rings. The smallest absolute Gasteiger partial charge is 0.496 e. The Morgan fingerprint density at radius 2 is 2.00 bits per heavy atom. The number of amides is 1. The first-order valence-electron chi connectivity index (χ1n) is 11.2. The Labute approximate surface area is 222 Å². The van der Waals surface area contributed by atoms with E-state index >= 15 is 0 Å².